The highest BCUT2D eigenvalue weighted by molar-refractivity contribution is 6.44. The van der Waals surface area contributed by atoms with Crippen LogP contribution in [0.3, 0.4) is 0 Å². The van der Waals surface area contributed by atoms with E-state index in [0.717, 1.165) is 0 Å². The zero-order chi connectivity index (χ0) is 13.3. The second-order valence-electron chi connectivity index (χ2n) is 3.66. The number of nitrogens with one attached hydrogen (secondary N) is 1. The molecule has 0 unspecified atom stereocenters. The summed E-state index contributed by atoms with van der Waals surface area (Å²) in [7, 11) is 1.72. The average molecular weight is 285 g/mol. The molecule has 0 aliphatic rings. The number of rotatable bonds is 2. The molecule has 0 bridgehead atoms. The van der Waals surface area contributed by atoms with Crippen LogP contribution in [0.25, 0.3) is 0 Å². The predicted molar refractivity (Wildman–Crippen MR) is 72.0 cm³/mol. The van der Waals surface area contributed by atoms with Crippen molar-refractivity contribution in [1.29, 1.82) is 0 Å². The van der Waals surface area contributed by atoms with Crippen LogP contribution >= 0.6 is 23.2 Å². The quantitative estimate of drug-likeness (QED) is 0.833. The Labute approximate surface area is 113 Å². The molecule has 2 aromatic rings. The minimum atomic E-state index is -0.330. The number of hydrogen-bond acceptors (Lipinski definition) is 3. The number of anilines is 2. The molecule has 7 heteroatoms. The van der Waals surface area contributed by atoms with Gasteiger partial charge < -0.3 is 11.1 Å². The van der Waals surface area contributed by atoms with Gasteiger partial charge in [-0.1, -0.05) is 23.2 Å². The smallest absolute Gasteiger partial charge is 0.256 e. The molecule has 0 spiro atoms. The first-order valence-corrected chi connectivity index (χ1v) is 5.78. The highest BCUT2D eigenvalue weighted by Crippen LogP contribution is 2.29. The molecule has 18 heavy (non-hydrogen) atoms. The molecule has 0 radical (unpaired) electrons. The number of benzene rings is 1. The minimum Gasteiger partial charge on any atom is -0.397 e. The molecule has 3 N–H and O–H groups in total. The number of nitrogens with two attached hydrogens (primary N) is 1. The van der Waals surface area contributed by atoms with E-state index in [4.69, 9.17) is 28.9 Å². The van der Waals surface area contributed by atoms with Gasteiger partial charge in [0.05, 0.1) is 21.9 Å². The van der Waals surface area contributed by atoms with Gasteiger partial charge in [0.15, 0.2) is 0 Å². The molecule has 0 aliphatic heterocycles. The molecule has 0 fully saturated rings. The van der Waals surface area contributed by atoms with Gasteiger partial charge in [0, 0.05) is 18.7 Å². The van der Waals surface area contributed by atoms with Gasteiger partial charge >= 0.3 is 0 Å². The Morgan fingerprint density at radius 3 is 2.72 bits per heavy atom. The van der Waals surface area contributed by atoms with Gasteiger partial charge in [-0.2, -0.15) is 5.10 Å². The third kappa shape index (κ3) is 2.42. The Balaban J connectivity index is 2.27. The average Bonchev–Trinajstić information content (AvgIpc) is 2.71. The van der Waals surface area contributed by atoms with Crippen LogP contribution < -0.4 is 11.1 Å². The van der Waals surface area contributed by atoms with Crippen LogP contribution in [0.2, 0.25) is 10.0 Å². The number of halogens is 2. The van der Waals surface area contributed by atoms with Gasteiger partial charge in [0.1, 0.15) is 5.82 Å². The lowest BCUT2D eigenvalue weighted by atomic mass is 10.2. The lowest BCUT2D eigenvalue weighted by Crippen LogP contribution is -2.15. The predicted octanol–water partition coefficient (Wildman–Crippen LogP) is 2.56. The van der Waals surface area contributed by atoms with Crippen LogP contribution in [0, 0.1) is 0 Å². The van der Waals surface area contributed by atoms with Gasteiger partial charge in [0.25, 0.3) is 5.91 Å². The SMILES string of the molecule is Cn1nccc1NC(=O)c1cc(N)c(Cl)c(Cl)c1. The second-order valence-corrected chi connectivity index (χ2v) is 4.44. The molecule has 1 aromatic carbocycles. The summed E-state index contributed by atoms with van der Waals surface area (Å²) in [6.45, 7) is 0. The molecule has 5 nitrogen and oxygen atoms in total. The molecule has 1 amide bonds. The topological polar surface area (TPSA) is 72.9 Å². The zero-order valence-corrected chi connectivity index (χ0v) is 11.0. The fourth-order valence-electron chi connectivity index (χ4n) is 1.43. The summed E-state index contributed by atoms with van der Waals surface area (Å²) in [5.74, 6) is 0.244. The molecule has 94 valence electrons. The monoisotopic (exact) mass is 284 g/mol. The molecule has 0 aliphatic carbocycles. The maximum atomic E-state index is 12.0. The van der Waals surface area contributed by atoms with Crippen molar-refractivity contribution in [2.45, 2.75) is 0 Å². The standard InChI is InChI=1S/C11H10Cl2N4O/c1-17-9(2-3-15-17)16-11(18)6-4-7(12)10(13)8(14)5-6/h2-5H,14H2,1H3,(H,16,18). The van der Waals surface area contributed by atoms with Crippen LogP contribution in [0.5, 0.6) is 0 Å². The first-order chi connectivity index (χ1) is 8.49. The largest absolute Gasteiger partial charge is 0.397 e. The van der Waals surface area contributed by atoms with Crippen LogP contribution in [0.1, 0.15) is 10.4 Å². The van der Waals surface area contributed by atoms with E-state index in [1.165, 1.54) is 12.1 Å². The molecular formula is C11H10Cl2N4O. The van der Waals surface area contributed by atoms with Crippen molar-refractivity contribution in [3.63, 3.8) is 0 Å². The number of amides is 1. The Bertz CT molecular complexity index is 586. The third-order valence-corrected chi connectivity index (χ3v) is 3.20. The Morgan fingerprint density at radius 2 is 2.17 bits per heavy atom. The summed E-state index contributed by atoms with van der Waals surface area (Å²) >= 11 is 11.7. The van der Waals surface area contributed by atoms with Gasteiger partial charge in [-0.3, -0.25) is 9.48 Å². The van der Waals surface area contributed by atoms with E-state index < -0.39 is 0 Å². The van der Waals surface area contributed by atoms with E-state index in [0.29, 0.717) is 11.4 Å². The number of aryl methyl sites for hydroxylation is 1. The molecule has 2 rings (SSSR count). The molecular weight excluding hydrogens is 275 g/mol. The van der Waals surface area contributed by atoms with Gasteiger partial charge in [0.2, 0.25) is 0 Å². The van der Waals surface area contributed by atoms with E-state index >= 15 is 0 Å². The van der Waals surface area contributed by atoms with Crippen molar-refractivity contribution in [3.8, 4) is 0 Å². The lowest BCUT2D eigenvalue weighted by Gasteiger charge is -2.07. The van der Waals surface area contributed by atoms with E-state index in [1.54, 1.807) is 24.0 Å². The number of aromatic nitrogens is 2. The number of carbonyl (C=O) groups is 1. The number of nitrogens with zero attached hydrogens (tertiary/aromatic N) is 2. The van der Waals surface area contributed by atoms with Gasteiger partial charge in [-0.05, 0) is 12.1 Å². The molecule has 1 aromatic heterocycles. The number of hydrogen-bond donors (Lipinski definition) is 2. The van der Waals surface area contributed by atoms with Crippen LogP contribution in [-0.4, -0.2) is 15.7 Å². The first-order valence-electron chi connectivity index (χ1n) is 5.03. The summed E-state index contributed by atoms with van der Waals surface area (Å²) in [4.78, 5) is 12.0. The Morgan fingerprint density at radius 1 is 1.44 bits per heavy atom. The Kier molecular flexibility index (Phi) is 3.45. The molecule has 0 atom stereocenters. The second kappa shape index (κ2) is 4.88. The van der Waals surface area contributed by atoms with Crippen molar-refractivity contribution < 1.29 is 4.79 Å². The van der Waals surface area contributed by atoms with Crippen molar-refractivity contribution in [2.75, 3.05) is 11.1 Å². The zero-order valence-electron chi connectivity index (χ0n) is 9.45. The van der Waals surface area contributed by atoms with E-state index in [1.807, 2.05) is 0 Å². The summed E-state index contributed by atoms with van der Waals surface area (Å²) in [5.41, 5.74) is 6.25. The third-order valence-electron chi connectivity index (χ3n) is 2.38. The Hall–Kier alpha value is -1.72. The molecule has 0 saturated heterocycles. The highest BCUT2D eigenvalue weighted by atomic mass is 35.5. The summed E-state index contributed by atoms with van der Waals surface area (Å²) < 4.78 is 1.54. The molecule has 1 heterocycles. The van der Waals surface area contributed by atoms with Crippen LogP contribution in [-0.2, 0) is 7.05 Å². The fraction of sp³-hybridized carbons (Fsp3) is 0.0909. The lowest BCUT2D eigenvalue weighted by molar-refractivity contribution is 0.102. The maximum absolute atomic E-state index is 12.0. The summed E-state index contributed by atoms with van der Waals surface area (Å²) in [6.07, 6.45) is 1.58. The molecule has 0 saturated carbocycles. The van der Waals surface area contributed by atoms with Crippen molar-refractivity contribution in [3.05, 3.63) is 40.0 Å². The first kappa shape index (κ1) is 12.7. The normalized spacial score (nSPS) is 10.4. The van der Waals surface area contributed by atoms with Gasteiger partial charge in [-0.25, -0.2) is 0 Å². The van der Waals surface area contributed by atoms with Crippen molar-refractivity contribution in [1.82, 2.24) is 9.78 Å². The van der Waals surface area contributed by atoms with E-state index in [2.05, 4.69) is 10.4 Å². The fourth-order valence-corrected chi connectivity index (χ4v) is 1.76. The van der Waals surface area contributed by atoms with Crippen LogP contribution in [0.15, 0.2) is 24.4 Å². The number of carbonyl (C=O) groups excluding carboxylic acids is 1. The van der Waals surface area contributed by atoms with Gasteiger partial charge in [-0.15, -0.1) is 0 Å². The highest BCUT2D eigenvalue weighted by Gasteiger charge is 2.12. The van der Waals surface area contributed by atoms with Crippen LogP contribution in [0.4, 0.5) is 11.5 Å². The van der Waals surface area contributed by atoms with Crippen molar-refractivity contribution in [2.24, 2.45) is 7.05 Å². The maximum Gasteiger partial charge on any atom is 0.256 e. The summed E-state index contributed by atoms with van der Waals surface area (Å²) in [6, 6.07) is 4.62. The van der Waals surface area contributed by atoms with E-state index in [-0.39, 0.29) is 21.6 Å². The van der Waals surface area contributed by atoms with E-state index in [9.17, 15) is 4.79 Å². The summed E-state index contributed by atoms with van der Waals surface area (Å²) in [5, 5.41) is 7.11. The minimum absolute atomic E-state index is 0.242. The van der Waals surface area contributed by atoms with Crippen molar-refractivity contribution >= 4 is 40.6 Å². The number of nitrogen functional groups attached to an aromatic ring is 1.